The fraction of sp³-hybridized carbons (Fsp3) is 0.281. The Hall–Kier alpha value is -13.8. The molecule has 3 aliphatic rings. The van der Waals surface area contributed by atoms with Gasteiger partial charge in [-0.15, -0.1) is 0 Å². The van der Waals surface area contributed by atoms with Gasteiger partial charge in [0.15, 0.2) is 52.4 Å². The highest BCUT2D eigenvalue weighted by molar-refractivity contribution is 6.36. The van der Waals surface area contributed by atoms with Crippen LogP contribution in [-0.2, 0) is 14.4 Å². The molecule has 0 radical (unpaired) electrons. The lowest BCUT2D eigenvalue weighted by Gasteiger charge is -2.41. The Morgan fingerprint density at radius 1 is 0.399 bits per heavy atom. The zero-order valence-corrected chi connectivity index (χ0v) is 80.3. The summed E-state index contributed by atoms with van der Waals surface area (Å²) in [5.41, 5.74) is 13.2. The van der Waals surface area contributed by atoms with E-state index in [2.05, 4.69) is 49.6 Å². The third kappa shape index (κ3) is 17.6. The van der Waals surface area contributed by atoms with Crippen molar-refractivity contribution >= 4 is 155 Å². The molecule has 42 heteroatoms. The van der Waals surface area contributed by atoms with Crippen molar-refractivity contribution in [2.24, 2.45) is 0 Å². The molecule has 138 heavy (non-hydrogen) atoms. The van der Waals surface area contributed by atoms with Crippen LogP contribution in [0.2, 0.25) is 30.1 Å². The van der Waals surface area contributed by atoms with Crippen molar-refractivity contribution in [2.75, 3.05) is 90.8 Å². The maximum atomic E-state index is 15.5. The van der Waals surface area contributed by atoms with Crippen molar-refractivity contribution in [1.82, 2.24) is 58.3 Å². The molecule has 3 amide bonds. The molecule has 3 aliphatic heterocycles. The number of benzene rings is 3. The van der Waals surface area contributed by atoms with Crippen LogP contribution in [0.3, 0.4) is 0 Å². The van der Waals surface area contributed by atoms with Crippen LogP contribution >= 0.6 is 69.6 Å². The average molecular weight is 2010 g/mol. The summed E-state index contributed by atoms with van der Waals surface area (Å²) in [5, 5.41) is 27.8. The Balaban J connectivity index is 0.000000175. The third-order valence-electron chi connectivity index (χ3n) is 24.2. The van der Waals surface area contributed by atoms with Gasteiger partial charge in [-0.3, -0.25) is 57.4 Å². The number of amides is 3. The standard InChI is InChI=1S/3C32H28Cl2F3N7O2/c3*1-6-20(45)43-10-9-42(13-16(43)5)30-17-11-19(33)28(21-23(35)22(34)24(36)25(37)26(21)39)41-31(17)44(32(46)18(30)12-38)29-15(4)7-8-40-27(29)14(2)3/h3*6-8,11,14,16H,1,9-10,13,39H2,2-5H3/t3*16-/m111/s1. The molecule has 3 saturated heterocycles. The number of fused-ring (bicyclic) bond motifs is 3. The molecule has 0 saturated carbocycles. The first-order chi connectivity index (χ1) is 65.2. The van der Waals surface area contributed by atoms with Crippen LogP contribution in [0.15, 0.2) is 107 Å². The van der Waals surface area contributed by atoms with E-state index in [9.17, 15) is 70.9 Å². The fourth-order valence-corrected chi connectivity index (χ4v) is 18.8. The number of hydrogen-bond acceptors (Lipinski definition) is 21. The van der Waals surface area contributed by atoms with Crippen LogP contribution < -0.4 is 48.6 Å². The van der Waals surface area contributed by atoms with Crippen molar-refractivity contribution in [2.45, 2.75) is 119 Å². The maximum Gasteiger partial charge on any atom is 0.276 e. The number of pyridine rings is 9. The molecule has 0 aliphatic carbocycles. The minimum Gasteiger partial charge on any atom is -0.396 e. The van der Waals surface area contributed by atoms with Gasteiger partial charge in [0.2, 0.25) is 17.7 Å². The van der Waals surface area contributed by atoms with Gasteiger partial charge in [0.25, 0.3) is 16.7 Å². The maximum absolute atomic E-state index is 15.5. The summed E-state index contributed by atoms with van der Waals surface area (Å²) in [6, 6.07) is 14.3. The number of aryl methyl sites for hydroxylation is 3. The van der Waals surface area contributed by atoms with Gasteiger partial charge < -0.3 is 46.6 Å². The number of rotatable bonds is 15. The predicted octanol–water partition coefficient (Wildman–Crippen LogP) is 18.8. The second-order valence-corrected chi connectivity index (χ2v) is 36.1. The lowest BCUT2D eigenvalue weighted by Crippen LogP contribution is -2.54. The van der Waals surface area contributed by atoms with Crippen LogP contribution in [-0.4, -0.2) is 153 Å². The van der Waals surface area contributed by atoms with Crippen LogP contribution in [0, 0.1) is 107 Å². The number of nitrogens with zero attached hydrogens (tertiary/aromatic N) is 18. The summed E-state index contributed by atoms with van der Waals surface area (Å²) in [7, 11) is 0. The zero-order valence-electron chi connectivity index (χ0n) is 75.8. The minimum absolute atomic E-state index is 0.0756. The molecule has 9 aromatic heterocycles. The first kappa shape index (κ1) is 102. The van der Waals surface area contributed by atoms with Gasteiger partial charge in [0, 0.05) is 112 Å². The van der Waals surface area contributed by atoms with Crippen molar-refractivity contribution in [3.8, 4) is 69.0 Å². The monoisotopic (exact) mass is 2010 g/mol. The zero-order chi connectivity index (χ0) is 101. The lowest BCUT2D eigenvalue weighted by molar-refractivity contribution is -0.129. The number of nitriles is 3. The van der Waals surface area contributed by atoms with Gasteiger partial charge in [-0.05, 0) is 131 Å². The second-order valence-electron chi connectivity index (χ2n) is 33.8. The first-order valence-corrected chi connectivity index (χ1v) is 44.9. The average Bonchev–Trinajstić information content (AvgIpc) is 0.726. The molecule has 714 valence electrons. The molecular formula is C96H84Cl6F9N21O6. The summed E-state index contributed by atoms with van der Waals surface area (Å²) in [6.07, 6.45) is 8.40. The molecule has 3 aromatic carbocycles. The Morgan fingerprint density at radius 2 is 0.630 bits per heavy atom. The van der Waals surface area contributed by atoms with E-state index < -0.39 is 135 Å². The van der Waals surface area contributed by atoms with Gasteiger partial charge in [0.05, 0.1) is 117 Å². The number of carbonyl (C=O) groups is 3. The summed E-state index contributed by atoms with van der Waals surface area (Å²) in [4.78, 5) is 118. The summed E-state index contributed by atoms with van der Waals surface area (Å²) in [5.74, 6) is -15.4. The molecule has 3 atom stereocenters. The highest BCUT2D eigenvalue weighted by Crippen LogP contribution is 2.49. The lowest BCUT2D eigenvalue weighted by atomic mass is 10.0. The highest BCUT2D eigenvalue weighted by Gasteiger charge is 2.40. The quantitative estimate of drug-likeness (QED) is 0.0282. The summed E-state index contributed by atoms with van der Waals surface area (Å²) < 4.78 is 137. The number of nitrogen functional groups attached to an aromatic ring is 3. The summed E-state index contributed by atoms with van der Waals surface area (Å²) in [6.45, 7) is 34.8. The number of piperazine rings is 3. The van der Waals surface area contributed by atoms with Crippen LogP contribution in [0.4, 0.5) is 73.6 Å². The number of halogens is 15. The second kappa shape index (κ2) is 40.1. The highest BCUT2D eigenvalue weighted by atomic mass is 35.5. The van der Waals surface area contributed by atoms with Crippen molar-refractivity contribution in [3.63, 3.8) is 0 Å². The van der Waals surface area contributed by atoms with E-state index in [1.165, 1.54) is 50.1 Å². The Bertz CT molecular complexity index is 6790. The summed E-state index contributed by atoms with van der Waals surface area (Å²) >= 11 is 37.4. The van der Waals surface area contributed by atoms with E-state index in [-0.39, 0.29) is 194 Å². The molecule has 3 fully saturated rings. The molecule has 12 aromatic rings. The number of carbonyl (C=O) groups excluding carboxylic acids is 3. The van der Waals surface area contributed by atoms with Crippen molar-refractivity contribution in [3.05, 3.63) is 257 Å². The Labute approximate surface area is 813 Å². The van der Waals surface area contributed by atoms with E-state index >= 15 is 13.2 Å². The van der Waals surface area contributed by atoms with Crippen molar-refractivity contribution in [1.29, 1.82) is 15.8 Å². The van der Waals surface area contributed by atoms with Gasteiger partial charge in [-0.25, -0.2) is 54.5 Å². The van der Waals surface area contributed by atoms with E-state index in [0.717, 1.165) is 0 Å². The van der Waals surface area contributed by atoms with Crippen LogP contribution in [0.5, 0.6) is 0 Å². The molecule has 27 nitrogen and oxygen atoms in total. The molecule has 15 rings (SSSR count). The van der Waals surface area contributed by atoms with E-state index in [1.54, 1.807) is 87.0 Å². The number of hydrogen-bond donors (Lipinski definition) is 3. The van der Waals surface area contributed by atoms with Gasteiger partial charge in [-0.1, -0.05) is 131 Å². The number of anilines is 6. The van der Waals surface area contributed by atoms with Gasteiger partial charge in [0.1, 0.15) is 66.9 Å². The predicted molar refractivity (Wildman–Crippen MR) is 516 cm³/mol. The molecule has 12 heterocycles. The molecule has 0 bridgehead atoms. The SMILES string of the molecule is C=CC(=O)N1CCN(c2c(C#N)c(=O)n(-c3c(C)ccnc3C(C)C)c3nc(-c4c(N)c(F)c(F)c(Cl)c4F)c(Cl)cc23)C[C@H]1C.C=CC(=O)N1CCN(c2c(C#N)c(=O)n(-c3c(C)ccnc3C(C)C)c3nc(-c4c(N)c(F)c(F)c(Cl)c4F)c(Cl)cc23)C[C@H]1C.C=CC(=O)N1CCN(c2c(C#N)c(=O)n(-c3c(C)ccnc3C(C)C)c3nc(-c4c(N)c(F)c(F)c(Cl)c4F)c(Cl)cc23)C[C@H]1C. The minimum atomic E-state index is -1.68. The van der Waals surface area contributed by atoms with Gasteiger partial charge in [-0.2, -0.15) is 15.8 Å². The smallest absolute Gasteiger partial charge is 0.276 e. The molecule has 0 unspecified atom stereocenters. The molecule has 6 N–H and O–H groups in total. The molecular weight excluding hydrogens is 1930 g/mol. The topological polar surface area (TPSA) is 363 Å². The van der Waals surface area contributed by atoms with Crippen LogP contribution in [0.25, 0.3) is 83.9 Å². The number of aromatic nitrogens is 9. The van der Waals surface area contributed by atoms with Crippen LogP contribution in [0.1, 0.15) is 131 Å². The number of nitrogens with two attached hydrogens (primary N) is 3. The van der Waals surface area contributed by atoms with E-state index in [4.69, 9.17) is 86.8 Å². The fourth-order valence-electron chi connectivity index (χ4n) is 17.6. The first-order valence-electron chi connectivity index (χ1n) is 42.6. The largest absolute Gasteiger partial charge is 0.396 e. The van der Waals surface area contributed by atoms with E-state index in [1.807, 2.05) is 80.5 Å². The molecule has 0 spiro atoms. The Kier molecular flexibility index (Phi) is 29.5. The Morgan fingerprint density at radius 3 is 0.833 bits per heavy atom. The normalized spacial score (nSPS) is 15.0. The third-order valence-corrected chi connectivity index (χ3v) is 26.0. The van der Waals surface area contributed by atoms with Gasteiger partial charge >= 0.3 is 0 Å². The van der Waals surface area contributed by atoms with Crippen molar-refractivity contribution < 1.29 is 53.9 Å². The van der Waals surface area contributed by atoms with E-state index in [0.29, 0.717) is 50.8 Å².